The Morgan fingerprint density at radius 3 is 2.70 bits per heavy atom. The highest BCUT2D eigenvalue weighted by Crippen LogP contribution is 2.28. The van der Waals surface area contributed by atoms with Gasteiger partial charge in [0.15, 0.2) is 0 Å². The predicted octanol–water partition coefficient (Wildman–Crippen LogP) is 3.63. The normalized spacial score (nSPS) is 10.3. The number of benzene rings is 2. The van der Waals surface area contributed by atoms with Crippen molar-refractivity contribution >= 4 is 16.6 Å². The number of nitrogen functional groups attached to an aromatic ring is 1. The van der Waals surface area contributed by atoms with E-state index >= 15 is 0 Å². The van der Waals surface area contributed by atoms with Crippen LogP contribution in [0.2, 0.25) is 0 Å². The number of methoxy groups -OCH3 is 1. The maximum atomic E-state index is 13.4. The number of pyridine rings is 1. The summed E-state index contributed by atoms with van der Waals surface area (Å²) >= 11 is 0. The first-order valence-electron chi connectivity index (χ1n) is 6.72. The van der Waals surface area contributed by atoms with Gasteiger partial charge in [0.25, 0.3) is 0 Å². The molecule has 0 aliphatic carbocycles. The molecular weight excluding hydrogens is 297 g/mol. The van der Waals surface area contributed by atoms with Gasteiger partial charge in [-0.25, -0.2) is 9.37 Å². The molecule has 2 N–H and O–H groups in total. The Bertz CT molecular complexity index is 935. The van der Waals surface area contributed by atoms with Crippen molar-refractivity contribution in [3.05, 3.63) is 53.8 Å². The molecule has 0 radical (unpaired) electrons. The number of nitriles is 1. The minimum atomic E-state index is -0.552. The van der Waals surface area contributed by atoms with Gasteiger partial charge in [-0.15, -0.1) is 0 Å². The van der Waals surface area contributed by atoms with Crippen molar-refractivity contribution in [2.75, 3.05) is 12.8 Å². The first-order valence-corrected chi connectivity index (χ1v) is 6.72. The Hall–Kier alpha value is -3.33. The molecule has 0 bridgehead atoms. The van der Waals surface area contributed by atoms with E-state index in [1.807, 2.05) is 0 Å². The number of hydrogen-bond acceptors (Lipinski definition) is 5. The Labute approximate surface area is 131 Å². The van der Waals surface area contributed by atoms with E-state index in [0.717, 1.165) is 5.39 Å². The molecule has 5 nitrogen and oxygen atoms in total. The van der Waals surface area contributed by atoms with Gasteiger partial charge in [-0.05, 0) is 24.3 Å². The van der Waals surface area contributed by atoms with E-state index in [2.05, 4.69) is 11.1 Å². The molecule has 3 aromatic rings. The van der Waals surface area contributed by atoms with Crippen LogP contribution in [0, 0.1) is 17.1 Å². The summed E-state index contributed by atoms with van der Waals surface area (Å²) in [5.74, 6) is 0.476. The minimum Gasteiger partial charge on any atom is -0.495 e. The molecule has 0 amide bonds. The van der Waals surface area contributed by atoms with Crippen molar-refractivity contribution in [1.29, 1.82) is 5.26 Å². The lowest BCUT2D eigenvalue weighted by atomic mass is 10.1. The number of anilines is 1. The molecule has 114 valence electrons. The zero-order valence-electron chi connectivity index (χ0n) is 12.2. The number of aromatic nitrogens is 1. The van der Waals surface area contributed by atoms with Gasteiger partial charge in [0.2, 0.25) is 5.88 Å². The molecule has 0 unspecified atom stereocenters. The van der Waals surface area contributed by atoms with Gasteiger partial charge in [0, 0.05) is 23.6 Å². The summed E-state index contributed by atoms with van der Waals surface area (Å²) in [6.07, 6.45) is 0. The zero-order valence-corrected chi connectivity index (χ0v) is 12.2. The van der Waals surface area contributed by atoms with Crippen LogP contribution in [0.1, 0.15) is 5.56 Å². The van der Waals surface area contributed by atoms with Crippen LogP contribution >= 0.6 is 0 Å². The molecule has 0 fully saturated rings. The molecular formula is C17H12FN3O2. The van der Waals surface area contributed by atoms with Crippen molar-refractivity contribution in [1.82, 2.24) is 4.98 Å². The van der Waals surface area contributed by atoms with E-state index in [1.54, 1.807) is 30.3 Å². The molecule has 0 saturated heterocycles. The summed E-state index contributed by atoms with van der Waals surface area (Å²) in [6.45, 7) is 0. The molecule has 23 heavy (non-hydrogen) atoms. The highest BCUT2D eigenvalue weighted by Gasteiger charge is 2.08. The SMILES string of the molecule is COc1cc2nc(Oc3ccc(N)c(F)c3)ccc2cc1C#N. The Morgan fingerprint density at radius 1 is 1.17 bits per heavy atom. The lowest BCUT2D eigenvalue weighted by Crippen LogP contribution is -1.94. The van der Waals surface area contributed by atoms with Gasteiger partial charge in [0.1, 0.15) is 23.4 Å². The lowest BCUT2D eigenvalue weighted by molar-refractivity contribution is 0.414. The summed E-state index contributed by atoms with van der Waals surface area (Å²) in [4.78, 5) is 4.34. The summed E-state index contributed by atoms with van der Waals surface area (Å²) in [5.41, 5.74) is 6.52. The fourth-order valence-electron chi connectivity index (χ4n) is 2.14. The van der Waals surface area contributed by atoms with Crippen LogP contribution in [0.3, 0.4) is 0 Å². The molecule has 0 aliphatic rings. The van der Waals surface area contributed by atoms with Crippen molar-refractivity contribution in [3.63, 3.8) is 0 Å². The summed E-state index contributed by atoms with van der Waals surface area (Å²) < 4.78 is 24.1. The molecule has 6 heteroatoms. The summed E-state index contributed by atoms with van der Waals surface area (Å²) in [5, 5.41) is 9.86. The van der Waals surface area contributed by atoms with Gasteiger partial charge < -0.3 is 15.2 Å². The average molecular weight is 309 g/mol. The monoisotopic (exact) mass is 309 g/mol. The number of ether oxygens (including phenoxy) is 2. The molecule has 1 aromatic heterocycles. The predicted molar refractivity (Wildman–Crippen MR) is 83.9 cm³/mol. The maximum absolute atomic E-state index is 13.4. The van der Waals surface area contributed by atoms with Crippen molar-refractivity contribution in [2.45, 2.75) is 0 Å². The highest BCUT2D eigenvalue weighted by atomic mass is 19.1. The molecule has 3 rings (SSSR count). The van der Waals surface area contributed by atoms with Gasteiger partial charge >= 0.3 is 0 Å². The Balaban J connectivity index is 1.99. The number of nitrogens with two attached hydrogens (primary N) is 1. The Kier molecular flexibility index (Phi) is 3.69. The van der Waals surface area contributed by atoms with Crippen molar-refractivity contribution in [3.8, 4) is 23.4 Å². The summed E-state index contributed by atoms with van der Waals surface area (Å²) in [7, 11) is 1.49. The summed E-state index contributed by atoms with van der Waals surface area (Å²) in [6, 6.07) is 13.0. The number of nitrogens with zero attached hydrogens (tertiary/aromatic N) is 2. The van der Waals surface area contributed by atoms with E-state index in [4.69, 9.17) is 20.5 Å². The van der Waals surface area contributed by atoms with Crippen LogP contribution in [-0.4, -0.2) is 12.1 Å². The third-order valence-electron chi connectivity index (χ3n) is 3.30. The van der Waals surface area contributed by atoms with Gasteiger partial charge in [0.05, 0.1) is 23.9 Å². The number of fused-ring (bicyclic) bond motifs is 1. The second-order valence-electron chi connectivity index (χ2n) is 4.79. The maximum Gasteiger partial charge on any atom is 0.219 e. The van der Waals surface area contributed by atoms with Gasteiger partial charge in [-0.2, -0.15) is 5.26 Å². The van der Waals surface area contributed by atoms with Crippen molar-refractivity contribution < 1.29 is 13.9 Å². The third kappa shape index (κ3) is 2.85. The van der Waals surface area contributed by atoms with E-state index < -0.39 is 5.82 Å². The number of hydrogen-bond donors (Lipinski definition) is 1. The quantitative estimate of drug-likeness (QED) is 0.747. The first-order chi connectivity index (χ1) is 11.1. The van der Waals surface area contributed by atoms with Crippen LogP contribution < -0.4 is 15.2 Å². The lowest BCUT2D eigenvalue weighted by Gasteiger charge is -2.08. The topological polar surface area (TPSA) is 81.2 Å². The average Bonchev–Trinajstić information content (AvgIpc) is 2.56. The highest BCUT2D eigenvalue weighted by molar-refractivity contribution is 5.83. The largest absolute Gasteiger partial charge is 0.495 e. The molecule has 0 atom stereocenters. The van der Waals surface area contributed by atoms with Crippen LogP contribution in [0.4, 0.5) is 10.1 Å². The van der Waals surface area contributed by atoms with Crippen LogP contribution in [0.25, 0.3) is 10.9 Å². The zero-order chi connectivity index (χ0) is 16.4. The van der Waals surface area contributed by atoms with E-state index in [0.29, 0.717) is 28.5 Å². The first kappa shape index (κ1) is 14.6. The standard InChI is InChI=1S/C17H12FN3O2/c1-22-16-8-15-10(6-11(16)9-19)2-5-17(21-15)23-12-3-4-14(20)13(18)7-12/h2-8H,20H2,1H3. The van der Waals surface area contributed by atoms with E-state index in [1.165, 1.54) is 19.2 Å². The third-order valence-corrected chi connectivity index (χ3v) is 3.30. The van der Waals surface area contributed by atoms with Crippen LogP contribution in [-0.2, 0) is 0 Å². The van der Waals surface area contributed by atoms with Gasteiger partial charge in [-0.3, -0.25) is 0 Å². The van der Waals surface area contributed by atoms with E-state index in [-0.39, 0.29) is 5.69 Å². The van der Waals surface area contributed by atoms with Crippen molar-refractivity contribution in [2.24, 2.45) is 0 Å². The second kappa shape index (κ2) is 5.81. The molecule has 1 heterocycles. The molecule has 0 aliphatic heterocycles. The Morgan fingerprint density at radius 2 is 2.00 bits per heavy atom. The second-order valence-corrected chi connectivity index (χ2v) is 4.79. The van der Waals surface area contributed by atoms with E-state index in [9.17, 15) is 4.39 Å². The number of halogens is 1. The molecule has 0 spiro atoms. The fourth-order valence-corrected chi connectivity index (χ4v) is 2.14. The minimum absolute atomic E-state index is 0.0533. The fraction of sp³-hybridized carbons (Fsp3) is 0.0588. The van der Waals surface area contributed by atoms with Crippen LogP contribution in [0.5, 0.6) is 17.4 Å². The van der Waals surface area contributed by atoms with Crippen LogP contribution in [0.15, 0.2) is 42.5 Å². The molecule has 0 saturated carbocycles. The molecule has 2 aromatic carbocycles. The number of rotatable bonds is 3. The van der Waals surface area contributed by atoms with Gasteiger partial charge in [-0.1, -0.05) is 0 Å². The smallest absolute Gasteiger partial charge is 0.219 e.